The lowest BCUT2D eigenvalue weighted by atomic mass is 10.1. The van der Waals surface area contributed by atoms with E-state index in [0.717, 1.165) is 17.7 Å². The van der Waals surface area contributed by atoms with Gasteiger partial charge in [0.2, 0.25) is 0 Å². The van der Waals surface area contributed by atoms with Gasteiger partial charge in [0.15, 0.2) is 0 Å². The summed E-state index contributed by atoms with van der Waals surface area (Å²) >= 11 is 0. The molecule has 10 heteroatoms. The molecule has 2 aromatic carbocycles. The summed E-state index contributed by atoms with van der Waals surface area (Å²) in [6, 6.07) is 10.6. The molecule has 0 heterocycles. The van der Waals surface area contributed by atoms with Crippen LogP contribution < -0.4 is 5.73 Å². The average Bonchev–Trinajstić information content (AvgIpc) is 2.75. The fraction of sp³-hybridized carbons (Fsp3) is 0.300. The number of amides is 2. The molecule has 2 N–H and O–H groups in total. The van der Waals surface area contributed by atoms with E-state index >= 15 is 0 Å². The van der Waals surface area contributed by atoms with Crippen molar-refractivity contribution in [2.75, 3.05) is 13.1 Å². The van der Waals surface area contributed by atoms with E-state index in [1.807, 2.05) is 0 Å². The highest BCUT2D eigenvalue weighted by Crippen LogP contribution is 2.24. The van der Waals surface area contributed by atoms with Crippen LogP contribution in [0.4, 0.5) is 11.4 Å². The maximum absolute atomic E-state index is 13.1. The summed E-state index contributed by atoms with van der Waals surface area (Å²) in [5, 5.41) is 22.6. The molecule has 0 atom stereocenters. The van der Waals surface area contributed by atoms with Gasteiger partial charge in [0, 0.05) is 18.7 Å². The first-order valence-corrected chi connectivity index (χ1v) is 9.41. The molecule has 0 saturated carbocycles. The van der Waals surface area contributed by atoms with Gasteiger partial charge in [0.05, 0.1) is 9.85 Å². The SMILES string of the molecule is NCCCCCCN(C(=O)c1ccccc1[N+](=O)[O-])C(=O)c1ccccc1[N+](=O)[O-]. The maximum Gasteiger partial charge on any atom is 0.282 e. The zero-order valence-corrected chi connectivity index (χ0v) is 16.2. The number of para-hydroxylation sites is 2. The van der Waals surface area contributed by atoms with E-state index in [1.165, 1.54) is 48.5 Å². The van der Waals surface area contributed by atoms with E-state index in [4.69, 9.17) is 5.73 Å². The maximum atomic E-state index is 13.1. The van der Waals surface area contributed by atoms with E-state index in [1.54, 1.807) is 0 Å². The molecule has 0 aliphatic carbocycles. The van der Waals surface area contributed by atoms with Crippen molar-refractivity contribution in [1.82, 2.24) is 4.90 Å². The largest absolute Gasteiger partial charge is 0.330 e. The molecular formula is C20H22N4O6. The third-order valence-corrected chi connectivity index (χ3v) is 4.49. The molecule has 0 unspecified atom stereocenters. The van der Waals surface area contributed by atoms with Gasteiger partial charge in [-0.15, -0.1) is 0 Å². The Morgan fingerprint density at radius 2 is 1.20 bits per heavy atom. The van der Waals surface area contributed by atoms with Crippen molar-refractivity contribution in [2.24, 2.45) is 5.73 Å². The van der Waals surface area contributed by atoms with Crippen molar-refractivity contribution in [2.45, 2.75) is 25.7 Å². The molecule has 2 aromatic rings. The van der Waals surface area contributed by atoms with Gasteiger partial charge < -0.3 is 5.73 Å². The molecule has 10 nitrogen and oxygen atoms in total. The standard InChI is InChI=1S/C20H22N4O6/c21-13-7-1-2-8-14-22(19(25)15-9-3-5-11-17(15)23(27)28)20(26)16-10-4-6-12-18(16)24(29)30/h3-6,9-12H,1-2,7-8,13-14,21H2. The molecular weight excluding hydrogens is 392 g/mol. The van der Waals surface area contributed by atoms with E-state index < -0.39 is 33.0 Å². The van der Waals surface area contributed by atoms with Gasteiger partial charge in [-0.3, -0.25) is 34.7 Å². The number of nitrogens with two attached hydrogens (primary N) is 1. The first-order chi connectivity index (χ1) is 14.4. The molecule has 158 valence electrons. The average molecular weight is 414 g/mol. The number of imide groups is 1. The zero-order valence-electron chi connectivity index (χ0n) is 16.2. The lowest BCUT2D eigenvalue weighted by molar-refractivity contribution is -0.385. The first-order valence-electron chi connectivity index (χ1n) is 9.41. The van der Waals surface area contributed by atoms with Crippen LogP contribution in [0.3, 0.4) is 0 Å². The Kier molecular flexibility index (Phi) is 8.12. The number of nitro benzene ring substituents is 2. The summed E-state index contributed by atoms with van der Waals surface area (Å²) in [5.74, 6) is -1.74. The Balaban J connectivity index is 2.40. The smallest absolute Gasteiger partial charge is 0.282 e. The summed E-state index contributed by atoms with van der Waals surface area (Å²) in [4.78, 5) is 48.2. The van der Waals surface area contributed by atoms with Crippen molar-refractivity contribution in [3.05, 3.63) is 79.9 Å². The third kappa shape index (κ3) is 5.45. The molecule has 0 saturated heterocycles. The highest BCUT2D eigenvalue weighted by atomic mass is 16.6. The van der Waals surface area contributed by atoms with Crippen LogP contribution >= 0.6 is 0 Å². The van der Waals surface area contributed by atoms with Gasteiger partial charge in [-0.1, -0.05) is 37.1 Å². The third-order valence-electron chi connectivity index (χ3n) is 4.49. The zero-order chi connectivity index (χ0) is 22.1. The van der Waals surface area contributed by atoms with Crippen molar-refractivity contribution >= 4 is 23.2 Å². The molecule has 0 aliphatic heterocycles. The summed E-state index contributed by atoms with van der Waals surface area (Å²) < 4.78 is 0. The lowest BCUT2D eigenvalue weighted by Crippen LogP contribution is -2.38. The molecule has 0 aromatic heterocycles. The molecule has 2 amide bonds. The number of nitrogens with zero attached hydrogens (tertiary/aromatic N) is 3. The van der Waals surface area contributed by atoms with Crippen molar-refractivity contribution in [1.29, 1.82) is 0 Å². The number of nitro groups is 2. The molecule has 2 rings (SSSR count). The number of benzene rings is 2. The predicted molar refractivity (Wildman–Crippen MR) is 109 cm³/mol. The van der Waals surface area contributed by atoms with Gasteiger partial charge in [0.25, 0.3) is 23.2 Å². The fourth-order valence-corrected chi connectivity index (χ4v) is 2.98. The Bertz CT molecular complexity index is 877. The predicted octanol–water partition coefficient (Wildman–Crippen LogP) is 3.30. The van der Waals surface area contributed by atoms with Crippen molar-refractivity contribution in [3.8, 4) is 0 Å². The lowest BCUT2D eigenvalue weighted by Gasteiger charge is -2.21. The monoisotopic (exact) mass is 414 g/mol. The second kappa shape index (κ2) is 10.8. The van der Waals surface area contributed by atoms with Crippen LogP contribution in [-0.4, -0.2) is 39.7 Å². The van der Waals surface area contributed by atoms with E-state index in [0.29, 0.717) is 19.4 Å². The summed E-state index contributed by atoms with van der Waals surface area (Å²) in [5.41, 5.74) is 4.08. The highest BCUT2D eigenvalue weighted by molar-refractivity contribution is 6.13. The van der Waals surface area contributed by atoms with Crippen LogP contribution in [0.25, 0.3) is 0 Å². The van der Waals surface area contributed by atoms with E-state index in [-0.39, 0.29) is 17.7 Å². The van der Waals surface area contributed by atoms with Crippen LogP contribution in [-0.2, 0) is 0 Å². The molecule has 0 fully saturated rings. The van der Waals surface area contributed by atoms with Gasteiger partial charge in [-0.05, 0) is 31.5 Å². The van der Waals surface area contributed by atoms with E-state index in [9.17, 15) is 29.8 Å². The minimum atomic E-state index is -0.871. The molecule has 0 spiro atoms. The summed E-state index contributed by atoms with van der Waals surface area (Å²) in [7, 11) is 0. The second-order valence-electron chi connectivity index (χ2n) is 6.51. The minimum absolute atomic E-state index is 0.0274. The van der Waals surface area contributed by atoms with Crippen molar-refractivity contribution < 1.29 is 19.4 Å². The Morgan fingerprint density at radius 3 is 1.63 bits per heavy atom. The van der Waals surface area contributed by atoms with Crippen LogP contribution in [0.1, 0.15) is 46.4 Å². The van der Waals surface area contributed by atoms with Gasteiger partial charge in [-0.2, -0.15) is 0 Å². The minimum Gasteiger partial charge on any atom is -0.330 e. The molecule has 0 bridgehead atoms. The number of hydrogen-bond donors (Lipinski definition) is 1. The van der Waals surface area contributed by atoms with Crippen LogP contribution in [0, 0.1) is 20.2 Å². The van der Waals surface area contributed by atoms with Gasteiger partial charge in [-0.25, -0.2) is 0 Å². The molecule has 0 radical (unpaired) electrons. The Morgan fingerprint density at radius 1 is 0.767 bits per heavy atom. The molecule has 30 heavy (non-hydrogen) atoms. The topological polar surface area (TPSA) is 150 Å². The number of unbranched alkanes of at least 4 members (excludes halogenated alkanes) is 3. The Labute approximate surface area is 172 Å². The number of rotatable bonds is 10. The van der Waals surface area contributed by atoms with Gasteiger partial charge in [0.1, 0.15) is 11.1 Å². The van der Waals surface area contributed by atoms with Crippen LogP contribution in [0.15, 0.2) is 48.5 Å². The summed E-state index contributed by atoms with van der Waals surface area (Å²) in [6.45, 7) is 0.494. The molecule has 0 aliphatic rings. The van der Waals surface area contributed by atoms with Crippen LogP contribution in [0.2, 0.25) is 0 Å². The Hall–Kier alpha value is -3.66. The summed E-state index contributed by atoms with van der Waals surface area (Å²) in [6.07, 6.45) is 2.71. The first kappa shape index (κ1) is 22.6. The van der Waals surface area contributed by atoms with Gasteiger partial charge >= 0.3 is 0 Å². The number of carbonyl (C=O) groups excluding carboxylic acids is 2. The fourth-order valence-electron chi connectivity index (χ4n) is 2.98. The second-order valence-corrected chi connectivity index (χ2v) is 6.51. The van der Waals surface area contributed by atoms with Crippen LogP contribution in [0.5, 0.6) is 0 Å². The highest BCUT2D eigenvalue weighted by Gasteiger charge is 2.32. The normalized spacial score (nSPS) is 10.4. The van der Waals surface area contributed by atoms with Crippen molar-refractivity contribution in [3.63, 3.8) is 0 Å². The van der Waals surface area contributed by atoms with E-state index in [2.05, 4.69) is 0 Å². The number of carbonyl (C=O) groups is 2. The quantitative estimate of drug-likeness (QED) is 0.271. The number of hydrogen-bond acceptors (Lipinski definition) is 7.